The van der Waals surface area contributed by atoms with E-state index in [1.54, 1.807) is 19.1 Å². The Morgan fingerprint density at radius 3 is 2.29 bits per heavy atom. The fourth-order valence-corrected chi connectivity index (χ4v) is 2.78. The average molecular weight is 449 g/mol. The van der Waals surface area contributed by atoms with Gasteiger partial charge in [0.05, 0.1) is 18.6 Å². The lowest BCUT2D eigenvalue weighted by Gasteiger charge is -2.09. The van der Waals surface area contributed by atoms with E-state index in [1.165, 1.54) is 23.5 Å². The summed E-state index contributed by atoms with van der Waals surface area (Å²) in [6.07, 6.45) is -0.280. The third kappa shape index (κ3) is 8.91. The second kappa shape index (κ2) is 11.7. The number of carbonyl (C=O) groups excluding carboxylic acids is 4. The first-order chi connectivity index (χ1) is 14.7. The van der Waals surface area contributed by atoms with Gasteiger partial charge >= 0.3 is 11.9 Å². The first-order valence-corrected chi connectivity index (χ1v) is 10.4. The van der Waals surface area contributed by atoms with Crippen LogP contribution in [0.25, 0.3) is 0 Å². The fourth-order valence-electron chi connectivity index (χ4n) is 2.18. The van der Waals surface area contributed by atoms with E-state index in [9.17, 15) is 19.2 Å². The largest absolute Gasteiger partial charge is 0.462 e. The summed E-state index contributed by atoms with van der Waals surface area (Å²) < 4.78 is 10.00. The van der Waals surface area contributed by atoms with E-state index in [4.69, 9.17) is 9.47 Å². The number of esters is 2. The maximum absolute atomic E-state index is 11.9. The Hall–Kier alpha value is -3.34. The van der Waals surface area contributed by atoms with Crippen molar-refractivity contribution in [3.05, 3.63) is 34.8 Å². The zero-order valence-electron chi connectivity index (χ0n) is 17.5. The summed E-state index contributed by atoms with van der Waals surface area (Å²) in [7, 11) is 0. The van der Waals surface area contributed by atoms with Crippen molar-refractivity contribution < 1.29 is 28.7 Å². The predicted octanol–water partition coefficient (Wildman–Crippen LogP) is 2.56. The lowest BCUT2D eigenvalue weighted by atomic mass is 10.2. The summed E-state index contributed by atoms with van der Waals surface area (Å²) in [6.45, 7) is 5.47. The van der Waals surface area contributed by atoms with Crippen LogP contribution in [0.1, 0.15) is 42.1 Å². The summed E-state index contributed by atoms with van der Waals surface area (Å²) in [5.74, 6) is -1.83. The number of nitrogens with one attached hydrogen (secondary N) is 2. The maximum Gasteiger partial charge on any atom is 0.338 e. The van der Waals surface area contributed by atoms with E-state index < -0.39 is 30.4 Å². The van der Waals surface area contributed by atoms with E-state index in [1.807, 2.05) is 13.8 Å². The molecule has 166 valence electrons. The van der Waals surface area contributed by atoms with Gasteiger partial charge in [0.2, 0.25) is 11.0 Å². The highest BCUT2D eigenvalue weighted by Gasteiger charge is 2.13. The molecule has 0 aliphatic rings. The normalized spacial score (nSPS) is 10.5. The molecule has 2 aromatic rings. The van der Waals surface area contributed by atoms with Crippen LogP contribution in [0.5, 0.6) is 0 Å². The number of anilines is 2. The van der Waals surface area contributed by atoms with Gasteiger partial charge in [-0.3, -0.25) is 14.4 Å². The smallest absolute Gasteiger partial charge is 0.338 e. The van der Waals surface area contributed by atoms with Crippen molar-refractivity contribution >= 4 is 45.9 Å². The molecule has 0 unspecified atom stereocenters. The number of hydrogen-bond acceptors (Lipinski definition) is 9. The van der Waals surface area contributed by atoms with Gasteiger partial charge in [-0.25, -0.2) is 4.79 Å². The number of nitrogens with zero attached hydrogens (tertiary/aromatic N) is 2. The van der Waals surface area contributed by atoms with E-state index >= 15 is 0 Å². The van der Waals surface area contributed by atoms with Crippen molar-refractivity contribution in [2.45, 2.75) is 33.6 Å². The van der Waals surface area contributed by atoms with Gasteiger partial charge in [0, 0.05) is 12.1 Å². The molecule has 0 saturated carbocycles. The Balaban J connectivity index is 1.68. The van der Waals surface area contributed by atoms with E-state index in [-0.39, 0.29) is 18.8 Å². The van der Waals surface area contributed by atoms with Gasteiger partial charge in [0.1, 0.15) is 5.01 Å². The van der Waals surface area contributed by atoms with Crippen LogP contribution >= 0.6 is 11.3 Å². The molecular weight excluding hydrogens is 424 g/mol. The number of ether oxygens (including phenoxy) is 2. The number of aromatic nitrogens is 2. The third-order valence-corrected chi connectivity index (χ3v) is 4.40. The van der Waals surface area contributed by atoms with Gasteiger partial charge in [0.15, 0.2) is 6.61 Å². The minimum atomic E-state index is -0.679. The highest BCUT2D eigenvalue weighted by molar-refractivity contribution is 7.15. The number of rotatable bonds is 10. The van der Waals surface area contributed by atoms with Gasteiger partial charge in [-0.15, -0.1) is 10.2 Å². The molecule has 31 heavy (non-hydrogen) atoms. The molecular formula is C20H24N4O6S. The van der Waals surface area contributed by atoms with E-state index in [2.05, 4.69) is 20.8 Å². The molecule has 1 heterocycles. The topological polar surface area (TPSA) is 137 Å². The van der Waals surface area contributed by atoms with Crippen LogP contribution in [0, 0.1) is 12.8 Å². The Kier molecular flexibility index (Phi) is 9.07. The molecule has 0 aliphatic carbocycles. The molecule has 2 N–H and O–H groups in total. The van der Waals surface area contributed by atoms with Crippen LogP contribution in [0.15, 0.2) is 24.3 Å². The second-order valence-corrected chi connectivity index (χ2v) is 8.13. The molecule has 0 spiro atoms. The molecule has 10 nitrogen and oxygen atoms in total. The molecule has 0 fully saturated rings. The van der Waals surface area contributed by atoms with Crippen molar-refractivity contribution in [3.63, 3.8) is 0 Å². The molecule has 0 bridgehead atoms. The molecule has 2 amide bonds. The lowest BCUT2D eigenvalue weighted by molar-refractivity contribution is -0.147. The van der Waals surface area contributed by atoms with Crippen LogP contribution in [-0.2, 0) is 23.9 Å². The Labute approximate surface area is 183 Å². The number of amides is 2. The van der Waals surface area contributed by atoms with Crippen LogP contribution in [0.2, 0.25) is 0 Å². The molecule has 1 aromatic carbocycles. The van der Waals surface area contributed by atoms with Crippen molar-refractivity contribution in [2.24, 2.45) is 5.92 Å². The average Bonchev–Trinajstić information content (AvgIpc) is 3.13. The standard InChI is InChI=1S/C20H24N4O6S/c1-12(2)10-30-19(28)14-4-6-15(7-5-14)21-17(26)11-29-18(27)9-8-16(25)22-20-24-23-13(3)31-20/h4-7,12H,8-11H2,1-3H3,(H,21,26)(H,22,24,25). The zero-order valence-corrected chi connectivity index (χ0v) is 18.3. The van der Waals surface area contributed by atoms with E-state index in [0.717, 1.165) is 0 Å². The first-order valence-electron chi connectivity index (χ1n) is 9.55. The van der Waals surface area contributed by atoms with Crippen molar-refractivity contribution in [1.82, 2.24) is 10.2 Å². The minimum Gasteiger partial charge on any atom is -0.462 e. The van der Waals surface area contributed by atoms with Crippen LogP contribution < -0.4 is 10.6 Å². The van der Waals surface area contributed by atoms with Crippen molar-refractivity contribution in [1.29, 1.82) is 0 Å². The molecule has 0 aliphatic heterocycles. The maximum atomic E-state index is 11.9. The molecule has 11 heteroatoms. The summed E-state index contributed by atoms with van der Waals surface area (Å²) in [5.41, 5.74) is 0.806. The third-order valence-electron chi connectivity index (χ3n) is 3.64. The van der Waals surface area contributed by atoms with Gasteiger partial charge in [0.25, 0.3) is 5.91 Å². The van der Waals surface area contributed by atoms with E-state index in [0.29, 0.717) is 28.0 Å². The highest BCUT2D eigenvalue weighted by atomic mass is 32.1. The Bertz CT molecular complexity index is 926. The number of benzene rings is 1. The summed E-state index contributed by atoms with van der Waals surface area (Å²) in [4.78, 5) is 47.3. The molecule has 0 atom stereocenters. The summed E-state index contributed by atoms with van der Waals surface area (Å²) in [5, 5.41) is 13.7. The van der Waals surface area contributed by atoms with Crippen molar-refractivity contribution in [2.75, 3.05) is 23.8 Å². The van der Waals surface area contributed by atoms with Gasteiger partial charge in [-0.2, -0.15) is 0 Å². The molecule has 0 saturated heterocycles. The fraction of sp³-hybridized carbons (Fsp3) is 0.400. The van der Waals surface area contributed by atoms with Gasteiger partial charge in [-0.1, -0.05) is 25.2 Å². The lowest BCUT2D eigenvalue weighted by Crippen LogP contribution is -2.21. The quantitative estimate of drug-likeness (QED) is 0.529. The monoisotopic (exact) mass is 448 g/mol. The van der Waals surface area contributed by atoms with Gasteiger partial charge in [-0.05, 0) is 37.1 Å². The Morgan fingerprint density at radius 1 is 0.968 bits per heavy atom. The molecule has 1 aromatic heterocycles. The van der Waals surface area contributed by atoms with Gasteiger partial charge < -0.3 is 20.1 Å². The Morgan fingerprint density at radius 2 is 1.68 bits per heavy atom. The van der Waals surface area contributed by atoms with Crippen LogP contribution in [0.4, 0.5) is 10.8 Å². The number of aryl methyl sites for hydroxylation is 1. The predicted molar refractivity (Wildman–Crippen MR) is 114 cm³/mol. The second-order valence-electron chi connectivity index (χ2n) is 6.95. The number of carbonyl (C=O) groups is 4. The summed E-state index contributed by atoms with van der Waals surface area (Å²) in [6, 6.07) is 6.15. The number of hydrogen-bond donors (Lipinski definition) is 2. The minimum absolute atomic E-state index is 0.104. The van der Waals surface area contributed by atoms with Crippen LogP contribution in [0.3, 0.4) is 0 Å². The van der Waals surface area contributed by atoms with Crippen molar-refractivity contribution in [3.8, 4) is 0 Å². The SMILES string of the molecule is Cc1nnc(NC(=O)CCC(=O)OCC(=O)Nc2ccc(C(=O)OCC(C)C)cc2)s1. The highest BCUT2D eigenvalue weighted by Crippen LogP contribution is 2.14. The zero-order chi connectivity index (χ0) is 22.8. The van der Waals surface area contributed by atoms with Crippen LogP contribution in [-0.4, -0.2) is 47.2 Å². The summed E-state index contributed by atoms with van der Waals surface area (Å²) >= 11 is 1.22. The molecule has 0 radical (unpaired) electrons. The molecule has 2 rings (SSSR count). The first kappa shape index (κ1) is 23.9.